The summed E-state index contributed by atoms with van der Waals surface area (Å²) >= 11 is 0. The van der Waals surface area contributed by atoms with E-state index in [0.29, 0.717) is 0 Å². The van der Waals surface area contributed by atoms with Crippen molar-refractivity contribution in [1.29, 1.82) is 0 Å². The Bertz CT molecular complexity index is 266. The van der Waals surface area contributed by atoms with Crippen LogP contribution in [0.5, 0.6) is 0 Å². The Hall–Kier alpha value is -0.0800. The first-order valence-corrected chi connectivity index (χ1v) is 8.25. The lowest BCUT2D eigenvalue weighted by atomic mass is 9.81. The summed E-state index contributed by atoms with van der Waals surface area (Å²) in [6.45, 7) is 7.35. The quantitative estimate of drug-likeness (QED) is 0.828. The molecule has 0 aromatic heterocycles. The van der Waals surface area contributed by atoms with Crippen LogP contribution in [0.3, 0.4) is 0 Å². The van der Waals surface area contributed by atoms with Crippen LogP contribution >= 0.6 is 0 Å². The first-order valence-electron chi connectivity index (χ1n) is 8.25. The first kappa shape index (κ1) is 12.9. The van der Waals surface area contributed by atoms with Crippen molar-refractivity contribution in [2.75, 3.05) is 13.1 Å². The van der Waals surface area contributed by atoms with Crippen LogP contribution in [-0.2, 0) is 0 Å². The first-order chi connectivity index (χ1) is 8.75. The van der Waals surface area contributed by atoms with Crippen LogP contribution < -0.4 is 5.32 Å². The van der Waals surface area contributed by atoms with E-state index in [1.54, 1.807) is 0 Å². The van der Waals surface area contributed by atoms with Crippen LogP contribution in [0.4, 0.5) is 0 Å². The second-order valence-corrected chi connectivity index (χ2v) is 7.11. The Morgan fingerprint density at radius 2 is 1.67 bits per heavy atom. The van der Waals surface area contributed by atoms with Crippen molar-refractivity contribution in [3.05, 3.63) is 0 Å². The number of nitrogens with one attached hydrogen (secondary N) is 1. The maximum absolute atomic E-state index is 3.87. The molecule has 3 fully saturated rings. The van der Waals surface area contributed by atoms with Crippen molar-refractivity contribution < 1.29 is 0 Å². The van der Waals surface area contributed by atoms with E-state index in [1.165, 1.54) is 58.0 Å². The number of nitrogens with zero attached hydrogens (tertiary/aromatic N) is 1. The molecular formula is C16H30N2. The molecule has 2 aliphatic carbocycles. The summed E-state index contributed by atoms with van der Waals surface area (Å²) in [4.78, 5) is 2.83. The van der Waals surface area contributed by atoms with Crippen molar-refractivity contribution in [3.8, 4) is 0 Å². The minimum absolute atomic E-state index is 0.722. The van der Waals surface area contributed by atoms with Crippen LogP contribution in [0, 0.1) is 11.8 Å². The monoisotopic (exact) mass is 250 g/mol. The maximum Gasteiger partial charge on any atom is 0.0252 e. The Kier molecular flexibility index (Phi) is 3.95. The number of hydrogen-bond donors (Lipinski definition) is 1. The average Bonchev–Trinajstić information content (AvgIpc) is 3.23. The second kappa shape index (κ2) is 5.50. The van der Waals surface area contributed by atoms with E-state index < -0.39 is 0 Å². The van der Waals surface area contributed by atoms with Crippen molar-refractivity contribution in [3.63, 3.8) is 0 Å². The predicted octanol–water partition coefficient (Wildman–Crippen LogP) is 3.03. The van der Waals surface area contributed by atoms with E-state index in [-0.39, 0.29) is 0 Å². The number of piperazine rings is 1. The molecule has 0 aromatic carbocycles. The molecule has 2 atom stereocenters. The topological polar surface area (TPSA) is 15.3 Å². The van der Waals surface area contributed by atoms with Gasteiger partial charge in [-0.1, -0.05) is 19.3 Å². The Labute approximate surface area is 113 Å². The van der Waals surface area contributed by atoms with Crippen LogP contribution in [0.15, 0.2) is 0 Å². The van der Waals surface area contributed by atoms with Gasteiger partial charge in [0, 0.05) is 31.2 Å². The third-order valence-corrected chi connectivity index (χ3v) is 5.47. The molecule has 2 nitrogen and oxygen atoms in total. The summed E-state index contributed by atoms with van der Waals surface area (Å²) in [6, 6.07) is 2.34. The van der Waals surface area contributed by atoms with Gasteiger partial charge < -0.3 is 5.32 Å². The van der Waals surface area contributed by atoms with Crippen LogP contribution in [0.25, 0.3) is 0 Å². The van der Waals surface area contributed by atoms with Gasteiger partial charge in [-0.2, -0.15) is 0 Å². The minimum Gasteiger partial charge on any atom is -0.311 e. The van der Waals surface area contributed by atoms with Crippen LogP contribution in [0.2, 0.25) is 0 Å². The zero-order chi connectivity index (χ0) is 12.5. The van der Waals surface area contributed by atoms with Crippen molar-refractivity contribution in [2.45, 2.75) is 76.9 Å². The Morgan fingerprint density at radius 1 is 0.944 bits per heavy atom. The number of rotatable bonds is 3. The molecule has 3 aliphatic rings. The molecule has 0 aromatic rings. The average molecular weight is 250 g/mol. The normalized spacial score (nSPS) is 36.2. The molecule has 1 N–H and O–H groups in total. The van der Waals surface area contributed by atoms with Gasteiger partial charge in [0.25, 0.3) is 0 Å². The smallest absolute Gasteiger partial charge is 0.0252 e. The Balaban J connectivity index is 1.64. The summed E-state index contributed by atoms with van der Waals surface area (Å²) in [5, 5.41) is 3.87. The highest BCUT2D eigenvalue weighted by Crippen LogP contribution is 2.37. The summed E-state index contributed by atoms with van der Waals surface area (Å²) in [7, 11) is 0. The van der Waals surface area contributed by atoms with Crippen LogP contribution in [-0.4, -0.2) is 36.1 Å². The van der Waals surface area contributed by atoms with E-state index in [9.17, 15) is 0 Å². The summed E-state index contributed by atoms with van der Waals surface area (Å²) in [6.07, 6.45) is 10.3. The molecule has 1 heterocycles. The largest absolute Gasteiger partial charge is 0.311 e. The molecule has 2 unspecified atom stereocenters. The molecular weight excluding hydrogens is 220 g/mol. The van der Waals surface area contributed by atoms with Gasteiger partial charge in [0.15, 0.2) is 0 Å². The third-order valence-electron chi connectivity index (χ3n) is 5.47. The summed E-state index contributed by atoms with van der Waals surface area (Å²) < 4.78 is 0. The zero-order valence-corrected chi connectivity index (χ0v) is 12.2. The highest BCUT2D eigenvalue weighted by Gasteiger charge is 2.40. The summed E-state index contributed by atoms with van der Waals surface area (Å²) in [5.41, 5.74) is 0. The molecule has 2 heteroatoms. The van der Waals surface area contributed by atoms with Crippen molar-refractivity contribution in [2.24, 2.45) is 11.8 Å². The van der Waals surface area contributed by atoms with Gasteiger partial charge in [0.2, 0.25) is 0 Å². The molecule has 3 rings (SSSR count). The van der Waals surface area contributed by atoms with Crippen molar-refractivity contribution in [1.82, 2.24) is 10.2 Å². The molecule has 1 saturated heterocycles. The minimum atomic E-state index is 0.722. The SMILES string of the molecule is CC(C)N1CC(C2CC2)NCC1C1CCCCC1. The van der Waals surface area contributed by atoms with Crippen LogP contribution in [0.1, 0.15) is 58.8 Å². The van der Waals surface area contributed by atoms with E-state index in [1.807, 2.05) is 0 Å². The molecule has 0 radical (unpaired) electrons. The fourth-order valence-corrected chi connectivity index (χ4v) is 4.18. The van der Waals surface area contributed by atoms with Gasteiger partial charge in [0.1, 0.15) is 0 Å². The highest BCUT2D eigenvalue weighted by atomic mass is 15.3. The van der Waals surface area contributed by atoms with Gasteiger partial charge in [-0.15, -0.1) is 0 Å². The lowest BCUT2D eigenvalue weighted by Crippen LogP contribution is -2.61. The zero-order valence-electron chi connectivity index (χ0n) is 12.2. The summed E-state index contributed by atoms with van der Waals surface area (Å²) in [5.74, 6) is 1.97. The standard InChI is InChI=1S/C16H30N2/c1-12(2)18-11-15(13-8-9-13)17-10-16(18)14-6-4-3-5-7-14/h12-17H,3-11H2,1-2H3. The van der Waals surface area contributed by atoms with Gasteiger partial charge in [-0.3, -0.25) is 4.90 Å². The lowest BCUT2D eigenvalue weighted by molar-refractivity contribution is 0.0427. The Morgan fingerprint density at radius 3 is 2.28 bits per heavy atom. The molecule has 2 saturated carbocycles. The maximum atomic E-state index is 3.87. The van der Waals surface area contributed by atoms with Gasteiger partial charge in [-0.25, -0.2) is 0 Å². The fourth-order valence-electron chi connectivity index (χ4n) is 4.18. The van der Waals surface area contributed by atoms with Gasteiger partial charge in [0.05, 0.1) is 0 Å². The number of hydrogen-bond acceptors (Lipinski definition) is 2. The molecule has 104 valence electrons. The molecule has 0 spiro atoms. The lowest BCUT2D eigenvalue weighted by Gasteiger charge is -2.47. The van der Waals surface area contributed by atoms with Gasteiger partial charge in [-0.05, 0) is 51.4 Å². The highest BCUT2D eigenvalue weighted by molar-refractivity contribution is 4.97. The molecule has 18 heavy (non-hydrogen) atoms. The van der Waals surface area contributed by atoms with E-state index in [0.717, 1.165) is 30.0 Å². The predicted molar refractivity (Wildman–Crippen MR) is 76.7 cm³/mol. The van der Waals surface area contributed by atoms with E-state index in [2.05, 4.69) is 24.1 Å². The van der Waals surface area contributed by atoms with Gasteiger partial charge >= 0.3 is 0 Å². The molecule has 0 bridgehead atoms. The fraction of sp³-hybridized carbons (Fsp3) is 1.00. The third kappa shape index (κ3) is 2.75. The van der Waals surface area contributed by atoms with E-state index >= 15 is 0 Å². The molecule has 1 aliphatic heterocycles. The van der Waals surface area contributed by atoms with E-state index in [4.69, 9.17) is 0 Å². The van der Waals surface area contributed by atoms with Crippen molar-refractivity contribution >= 4 is 0 Å². The second-order valence-electron chi connectivity index (χ2n) is 7.11. The molecule has 0 amide bonds.